The van der Waals surface area contributed by atoms with Gasteiger partial charge in [-0.2, -0.15) is 0 Å². The van der Waals surface area contributed by atoms with E-state index < -0.39 is 12.1 Å². The molecular formula is C15H22N2O4. The lowest BCUT2D eigenvalue weighted by atomic mass is 10.2. The van der Waals surface area contributed by atoms with Crippen LogP contribution in [0.2, 0.25) is 0 Å². The van der Waals surface area contributed by atoms with E-state index in [0.717, 1.165) is 5.56 Å². The second-order valence-electron chi connectivity index (χ2n) is 4.72. The van der Waals surface area contributed by atoms with Crippen LogP contribution in [0.1, 0.15) is 25.8 Å². The summed E-state index contributed by atoms with van der Waals surface area (Å²) < 4.78 is 5.03. The first-order chi connectivity index (χ1) is 10.1. The molecule has 0 aliphatic heterocycles. The molecule has 21 heavy (non-hydrogen) atoms. The van der Waals surface area contributed by atoms with Crippen molar-refractivity contribution in [3.05, 3.63) is 35.9 Å². The van der Waals surface area contributed by atoms with Crippen LogP contribution in [0.15, 0.2) is 30.3 Å². The number of aliphatic hydroxyl groups is 1. The third-order valence-electron chi connectivity index (χ3n) is 3.00. The topological polar surface area (TPSA) is 87.7 Å². The lowest BCUT2D eigenvalue weighted by molar-refractivity contribution is -0.123. The monoisotopic (exact) mass is 294 g/mol. The molecule has 0 saturated heterocycles. The third-order valence-corrected chi connectivity index (χ3v) is 3.00. The summed E-state index contributed by atoms with van der Waals surface area (Å²) in [6, 6.07) is 8.24. The fourth-order valence-electron chi connectivity index (χ4n) is 1.61. The highest BCUT2D eigenvalue weighted by molar-refractivity contribution is 5.85. The molecule has 0 bridgehead atoms. The highest BCUT2D eigenvalue weighted by Gasteiger charge is 2.18. The summed E-state index contributed by atoms with van der Waals surface area (Å²) in [7, 11) is 0. The maximum absolute atomic E-state index is 11.8. The lowest BCUT2D eigenvalue weighted by Crippen LogP contribution is -2.49. The fourth-order valence-corrected chi connectivity index (χ4v) is 1.61. The molecule has 1 rings (SSSR count). The van der Waals surface area contributed by atoms with Crippen LogP contribution in [0.25, 0.3) is 0 Å². The van der Waals surface area contributed by atoms with Crippen LogP contribution < -0.4 is 10.6 Å². The normalized spacial score (nSPS) is 13.1. The Hall–Kier alpha value is -2.08. The summed E-state index contributed by atoms with van der Waals surface area (Å²) in [5.74, 6) is -0.354. The number of carbonyl (C=O) groups excluding carboxylic acids is 2. The number of ether oxygens (including phenoxy) is 1. The van der Waals surface area contributed by atoms with E-state index in [9.17, 15) is 9.59 Å². The number of hydrogen-bond acceptors (Lipinski definition) is 4. The van der Waals surface area contributed by atoms with E-state index >= 15 is 0 Å². The second kappa shape index (κ2) is 8.97. The highest BCUT2D eigenvalue weighted by atomic mass is 16.5. The summed E-state index contributed by atoms with van der Waals surface area (Å²) in [4.78, 5) is 23.4. The number of alkyl carbamates (subject to hydrolysis) is 1. The molecule has 6 nitrogen and oxygen atoms in total. The van der Waals surface area contributed by atoms with E-state index in [-0.39, 0.29) is 25.2 Å². The van der Waals surface area contributed by atoms with Gasteiger partial charge in [-0.1, -0.05) is 37.3 Å². The van der Waals surface area contributed by atoms with Crippen LogP contribution in [0.3, 0.4) is 0 Å². The number of benzene rings is 1. The zero-order valence-electron chi connectivity index (χ0n) is 12.3. The van der Waals surface area contributed by atoms with Crippen LogP contribution in [-0.2, 0) is 16.1 Å². The predicted octanol–water partition coefficient (Wildman–Crippen LogP) is 1.19. The third kappa shape index (κ3) is 6.27. The molecule has 0 spiro atoms. The zero-order chi connectivity index (χ0) is 15.7. The minimum atomic E-state index is -0.728. The minimum absolute atomic E-state index is 0.132. The molecule has 1 aromatic rings. The Kier molecular flexibility index (Phi) is 7.25. The molecule has 2 amide bonds. The number of hydrogen-bond donors (Lipinski definition) is 3. The van der Waals surface area contributed by atoms with Gasteiger partial charge in [0.1, 0.15) is 12.6 Å². The Balaban J connectivity index is 2.34. The van der Waals surface area contributed by atoms with Gasteiger partial charge in [-0.05, 0) is 18.9 Å². The fraction of sp³-hybridized carbons (Fsp3) is 0.467. The van der Waals surface area contributed by atoms with Gasteiger partial charge in [0.2, 0.25) is 5.91 Å². The number of nitrogens with one attached hydrogen (secondary N) is 2. The SMILES string of the molecule is CCC(CO)NC(=O)[C@H](C)NC(=O)OCc1ccccc1. The Bertz CT molecular complexity index is 446. The molecule has 6 heteroatoms. The van der Waals surface area contributed by atoms with E-state index in [2.05, 4.69) is 10.6 Å². The van der Waals surface area contributed by atoms with Gasteiger partial charge < -0.3 is 20.5 Å². The molecule has 0 radical (unpaired) electrons. The molecule has 116 valence electrons. The first-order valence-corrected chi connectivity index (χ1v) is 6.95. The van der Waals surface area contributed by atoms with Crippen LogP contribution in [-0.4, -0.2) is 35.8 Å². The average molecular weight is 294 g/mol. The number of carbonyl (C=O) groups is 2. The van der Waals surface area contributed by atoms with Crippen LogP contribution >= 0.6 is 0 Å². The van der Waals surface area contributed by atoms with E-state index in [1.54, 1.807) is 6.92 Å². The van der Waals surface area contributed by atoms with Crippen molar-refractivity contribution in [1.82, 2.24) is 10.6 Å². The summed E-state index contributed by atoms with van der Waals surface area (Å²) in [6.07, 6.45) is -0.0357. The Morgan fingerprint density at radius 2 is 1.90 bits per heavy atom. The molecule has 3 N–H and O–H groups in total. The van der Waals surface area contributed by atoms with E-state index in [1.807, 2.05) is 37.3 Å². The largest absolute Gasteiger partial charge is 0.445 e. The second-order valence-corrected chi connectivity index (χ2v) is 4.72. The maximum atomic E-state index is 11.8. The summed E-state index contributed by atoms with van der Waals surface area (Å²) in [5, 5.41) is 14.1. The summed E-state index contributed by atoms with van der Waals surface area (Å²) >= 11 is 0. The Morgan fingerprint density at radius 3 is 2.48 bits per heavy atom. The number of aliphatic hydroxyl groups excluding tert-OH is 1. The summed E-state index contributed by atoms with van der Waals surface area (Å²) in [5.41, 5.74) is 0.871. The molecular weight excluding hydrogens is 272 g/mol. The van der Waals surface area contributed by atoms with Gasteiger partial charge >= 0.3 is 6.09 Å². The molecule has 0 heterocycles. The highest BCUT2D eigenvalue weighted by Crippen LogP contribution is 2.01. The molecule has 1 unspecified atom stereocenters. The van der Waals surface area contributed by atoms with E-state index in [4.69, 9.17) is 9.84 Å². The quantitative estimate of drug-likeness (QED) is 0.705. The van der Waals surface area contributed by atoms with E-state index in [1.165, 1.54) is 0 Å². The van der Waals surface area contributed by atoms with Crippen molar-refractivity contribution < 1.29 is 19.4 Å². The van der Waals surface area contributed by atoms with Crippen molar-refractivity contribution in [2.45, 2.75) is 39.0 Å². The molecule has 0 aliphatic rings. The van der Waals surface area contributed by atoms with Gasteiger partial charge in [0.25, 0.3) is 0 Å². The van der Waals surface area contributed by atoms with Crippen molar-refractivity contribution in [3.63, 3.8) is 0 Å². The van der Waals surface area contributed by atoms with Crippen molar-refractivity contribution in [2.75, 3.05) is 6.61 Å². The zero-order valence-corrected chi connectivity index (χ0v) is 12.3. The van der Waals surface area contributed by atoms with E-state index in [0.29, 0.717) is 6.42 Å². The average Bonchev–Trinajstić information content (AvgIpc) is 2.51. The van der Waals surface area contributed by atoms with Gasteiger partial charge in [-0.3, -0.25) is 4.79 Å². The van der Waals surface area contributed by atoms with Gasteiger partial charge in [0.05, 0.1) is 12.6 Å². The Labute approximate surface area is 124 Å². The standard InChI is InChI=1S/C15H22N2O4/c1-3-13(9-18)17-14(19)11(2)16-15(20)21-10-12-7-5-4-6-8-12/h4-8,11,13,18H,3,9-10H2,1-2H3,(H,16,20)(H,17,19)/t11-,13?/m0/s1. The summed E-state index contributed by atoms with van der Waals surface area (Å²) in [6.45, 7) is 3.43. The predicted molar refractivity (Wildman–Crippen MR) is 78.5 cm³/mol. The minimum Gasteiger partial charge on any atom is -0.445 e. The molecule has 0 aromatic heterocycles. The van der Waals surface area contributed by atoms with Gasteiger partial charge in [-0.25, -0.2) is 4.79 Å². The first kappa shape index (κ1) is 17.0. The number of amides is 2. The molecule has 1 aromatic carbocycles. The van der Waals surface area contributed by atoms with Gasteiger partial charge in [-0.15, -0.1) is 0 Å². The van der Waals surface area contributed by atoms with Gasteiger partial charge in [0.15, 0.2) is 0 Å². The van der Waals surface area contributed by atoms with Crippen LogP contribution in [0.5, 0.6) is 0 Å². The number of rotatable bonds is 7. The first-order valence-electron chi connectivity index (χ1n) is 6.95. The van der Waals surface area contributed by atoms with Crippen LogP contribution in [0.4, 0.5) is 4.79 Å². The van der Waals surface area contributed by atoms with Crippen LogP contribution in [0, 0.1) is 0 Å². The lowest BCUT2D eigenvalue weighted by Gasteiger charge is -2.18. The molecule has 0 saturated carbocycles. The molecule has 0 aliphatic carbocycles. The molecule has 2 atom stereocenters. The van der Waals surface area contributed by atoms with Crippen molar-refractivity contribution in [1.29, 1.82) is 0 Å². The smallest absolute Gasteiger partial charge is 0.408 e. The van der Waals surface area contributed by atoms with Crippen molar-refractivity contribution in [3.8, 4) is 0 Å². The van der Waals surface area contributed by atoms with Gasteiger partial charge in [0, 0.05) is 0 Å². The maximum Gasteiger partial charge on any atom is 0.408 e. The van der Waals surface area contributed by atoms with Crippen molar-refractivity contribution >= 4 is 12.0 Å². The Morgan fingerprint density at radius 1 is 1.24 bits per heavy atom. The molecule has 0 fully saturated rings. The van der Waals surface area contributed by atoms with Crippen molar-refractivity contribution in [2.24, 2.45) is 0 Å².